The van der Waals surface area contributed by atoms with Crippen LogP contribution in [0.5, 0.6) is 0 Å². The number of nitrogens with zero attached hydrogens (tertiary/aromatic N) is 2. The van der Waals surface area contributed by atoms with Crippen molar-refractivity contribution in [2.45, 2.75) is 31.8 Å². The van der Waals surface area contributed by atoms with E-state index in [1.54, 1.807) is 11.3 Å². The number of thiophene rings is 1. The minimum atomic E-state index is -0.0568. The van der Waals surface area contributed by atoms with Crippen molar-refractivity contribution in [2.24, 2.45) is 0 Å². The summed E-state index contributed by atoms with van der Waals surface area (Å²) in [5.41, 5.74) is 1.33. The molecule has 0 radical (unpaired) electrons. The first-order chi connectivity index (χ1) is 11.8. The Kier molecular flexibility index (Phi) is 6.20. The minimum absolute atomic E-state index is 0.0568. The number of aromatic nitrogens is 1. The van der Waals surface area contributed by atoms with Gasteiger partial charge in [0.25, 0.3) is 0 Å². The third-order valence-corrected chi connectivity index (χ3v) is 5.27. The van der Waals surface area contributed by atoms with Gasteiger partial charge in [-0.2, -0.15) is 0 Å². The van der Waals surface area contributed by atoms with Crippen molar-refractivity contribution in [3.05, 3.63) is 52.5 Å². The Morgan fingerprint density at radius 2 is 2.04 bits per heavy atom. The molecule has 2 N–H and O–H groups in total. The maximum absolute atomic E-state index is 12.0. The monoisotopic (exact) mass is 344 g/mol. The van der Waals surface area contributed by atoms with Gasteiger partial charge in [-0.15, -0.1) is 11.3 Å². The zero-order chi connectivity index (χ0) is 16.6. The molecule has 2 aromatic rings. The number of hydrogen-bond donors (Lipinski definition) is 2. The van der Waals surface area contributed by atoms with Gasteiger partial charge in [0.05, 0.1) is 6.54 Å². The SMILES string of the molecule is O=C(NCc1cccs1)NC1CCN(CCc2ccncc2)CC1. The second-order valence-corrected chi connectivity index (χ2v) is 7.16. The maximum atomic E-state index is 12.0. The third-order valence-electron chi connectivity index (χ3n) is 4.39. The van der Waals surface area contributed by atoms with Crippen LogP contribution in [0.2, 0.25) is 0 Å². The molecule has 1 fully saturated rings. The van der Waals surface area contributed by atoms with Crippen LogP contribution in [-0.4, -0.2) is 41.6 Å². The lowest BCUT2D eigenvalue weighted by atomic mass is 10.0. The third kappa shape index (κ3) is 5.32. The Morgan fingerprint density at radius 3 is 2.75 bits per heavy atom. The van der Waals surface area contributed by atoms with Gasteiger partial charge in [-0.3, -0.25) is 4.98 Å². The molecule has 0 saturated carbocycles. The summed E-state index contributed by atoms with van der Waals surface area (Å²) in [5, 5.41) is 8.05. The highest BCUT2D eigenvalue weighted by Gasteiger charge is 2.20. The average Bonchev–Trinajstić information content (AvgIpc) is 3.14. The van der Waals surface area contributed by atoms with Gasteiger partial charge in [0.2, 0.25) is 0 Å². The van der Waals surface area contributed by atoms with Crippen LogP contribution in [0.1, 0.15) is 23.3 Å². The van der Waals surface area contributed by atoms with E-state index < -0.39 is 0 Å². The molecule has 0 bridgehead atoms. The molecule has 0 unspecified atom stereocenters. The number of piperidine rings is 1. The van der Waals surface area contributed by atoms with E-state index in [0.29, 0.717) is 6.54 Å². The van der Waals surface area contributed by atoms with Crippen LogP contribution >= 0.6 is 11.3 Å². The van der Waals surface area contributed by atoms with Crippen molar-refractivity contribution in [1.82, 2.24) is 20.5 Å². The molecule has 5 nitrogen and oxygen atoms in total. The average molecular weight is 344 g/mol. The predicted octanol–water partition coefficient (Wildman–Crippen LogP) is 2.65. The van der Waals surface area contributed by atoms with Crippen LogP contribution in [0.3, 0.4) is 0 Å². The fourth-order valence-corrected chi connectivity index (χ4v) is 3.60. The number of urea groups is 1. The Balaban J connectivity index is 1.32. The summed E-state index contributed by atoms with van der Waals surface area (Å²) < 4.78 is 0. The summed E-state index contributed by atoms with van der Waals surface area (Å²) in [6.45, 7) is 3.76. The summed E-state index contributed by atoms with van der Waals surface area (Å²) in [5.74, 6) is 0. The molecule has 1 saturated heterocycles. The van der Waals surface area contributed by atoms with Crippen LogP contribution in [0.15, 0.2) is 42.0 Å². The summed E-state index contributed by atoms with van der Waals surface area (Å²) in [4.78, 5) is 19.7. The molecule has 128 valence electrons. The van der Waals surface area contributed by atoms with Gasteiger partial charge in [0.15, 0.2) is 0 Å². The molecule has 6 heteroatoms. The molecule has 2 aromatic heterocycles. The number of nitrogens with one attached hydrogen (secondary N) is 2. The van der Waals surface area contributed by atoms with Gasteiger partial charge in [-0.25, -0.2) is 4.79 Å². The highest BCUT2D eigenvalue weighted by Crippen LogP contribution is 2.12. The van der Waals surface area contributed by atoms with E-state index in [0.717, 1.165) is 38.9 Å². The number of pyridine rings is 1. The Bertz CT molecular complexity index is 609. The van der Waals surface area contributed by atoms with Crippen molar-refractivity contribution in [1.29, 1.82) is 0 Å². The smallest absolute Gasteiger partial charge is 0.315 e. The van der Waals surface area contributed by atoms with E-state index in [-0.39, 0.29) is 12.1 Å². The minimum Gasteiger partial charge on any atom is -0.335 e. The molecule has 3 heterocycles. The fraction of sp³-hybridized carbons (Fsp3) is 0.444. The van der Waals surface area contributed by atoms with Crippen LogP contribution in [0, 0.1) is 0 Å². The summed E-state index contributed by atoms with van der Waals surface area (Å²) >= 11 is 1.66. The first-order valence-electron chi connectivity index (χ1n) is 8.47. The Morgan fingerprint density at radius 1 is 1.25 bits per heavy atom. The Labute approximate surface area is 147 Å². The molecular formula is C18H24N4OS. The number of carbonyl (C=O) groups is 1. The lowest BCUT2D eigenvalue weighted by Crippen LogP contribution is -2.48. The molecule has 2 amide bonds. The molecule has 0 spiro atoms. The van der Waals surface area contributed by atoms with Gasteiger partial charge < -0.3 is 15.5 Å². The van der Waals surface area contributed by atoms with Gasteiger partial charge in [-0.1, -0.05) is 6.07 Å². The number of amides is 2. The number of carbonyl (C=O) groups excluding carboxylic acids is 1. The quantitative estimate of drug-likeness (QED) is 0.847. The highest BCUT2D eigenvalue weighted by molar-refractivity contribution is 7.09. The maximum Gasteiger partial charge on any atom is 0.315 e. The molecule has 24 heavy (non-hydrogen) atoms. The molecule has 1 aliphatic rings. The van der Waals surface area contributed by atoms with E-state index in [1.165, 1.54) is 10.4 Å². The first-order valence-corrected chi connectivity index (χ1v) is 9.35. The van der Waals surface area contributed by atoms with Gasteiger partial charge in [0, 0.05) is 42.9 Å². The summed E-state index contributed by atoms with van der Waals surface area (Å²) in [7, 11) is 0. The first kappa shape index (κ1) is 16.9. The van der Waals surface area contributed by atoms with Crippen LogP contribution in [0.25, 0.3) is 0 Å². The lowest BCUT2D eigenvalue weighted by molar-refractivity contribution is 0.193. The van der Waals surface area contributed by atoms with E-state index in [2.05, 4.69) is 32.7 Å². The van der Waals surface area contributed by atoms with E-state index >= 15 is 0 Å². The molecule has 1 aliphatic heterocycles. The fourth-order valence-electron chi connectivity index (χ4n) is 2.95. The van der Waals surface area contributed by atoms with Crippen molar-refractivity contribution >= 4 is 17.4 Å². The van der Waals surface area contributed by atoms with Gasteiger partial charge >= 0.3 is 6.03 Å². The highest BCUT2D eigenvalue weighted by atomic mass is 32.1. The van der Waals surface area contributed by atoms with Gasteiger partial charge in [-0.05, 0) is 48.4 Å². The summed E-state index contributed by atoms with van der Waals surface area (Å²) in [6, 6.07) is 8.41. The predicted molar refractivity (Wildman–Crippen MR) is 97.1 cm³/mol. The lowest BCUT2D eigenvalue weighted by Gasteiger charge is -2.32. The van der Waals surface area contributed by atoms with Crippen molar-refractivity contribution in [2.75, 3.05) is 19.6 Å². The second kappa shape index (κ2) is 8.80. The van der Waals surface area contributed by atoms with Crippen molar-refractivity contribution in [3.8, 4) is 0 Å². The van der Waals surface area contributed by atoms with Crippen LogP contribution < -0.4 is 10.6 Å². The van der Waals surface area contributed by atoms with Gasteiger partial charge in [0.1, 0.15) is 0 Å². The Hall–Kier alpha value is -1.92. The second-order valence-electron chi connectivity index (χ2n) is 6.13. The molecule has 0 atom stereocenters. The zero-order valence-electron chi connectivity index (χ0n) is 13.8. The molecule has 0 aliphatic carbocycles. The van der Waals surface area contributed by atoms with Crippen LogP contribution in [0.4, 0.5) is 4.79 Å². The van der Waals surface area contributed by atoms with Crippen molar-refractivity contribution < 1.29 is 4.79 Å². The molecular weight excluding hydrogens is 320 g/mol. The zero-order valence-corrected chi connectivity index (χ0v) is 14.6. The molecule has 0 aromatic carbocycles. The number of rotatable bonds is 6. The normalized spacial score (nSPS) is 16.0. The van der Waals surface area contributed by atoms with E-state index in [1.807, 2.05) is 29.9 Å². The molecule has 3 rings (SSSR count). The standard InChI is InChI=1S/C18H24N4OS/c23-18(20-14-17-2-1-13-24-17)21-16-6-11-22(12-7-16)10-5-15-3-8-19-9-4-15/h1-4,8-9,13,16H,5-7,10-12,14H2,(H2,20,21,23). The summed E-state index contributed by atoms with van der Waals surface area (Å²) in [6.07, 6.45) is 6.79. The largest absolute Gasteiger partial charge is 0.335 e. The topological polar surface area (TPSA) is 57.3 Å². The van der Waals surface area contributed by atoms with Crippen LogP contribution in [-0.2, 0) is 13.0 Å². The van der Waals surface area contributed by atoms with E-state index in [9.17, 15) is 4.79 Å². The van der Waals surface area contributed by atoms with E-state index in [4.69, 9.17) is 0 Å². The van der Waals surface area contributed by atoms with Crippen molar-refractivity contribution in [3.63, 3.8) is 0 Å². The number of hydrogen-bond acceptors (Lipinski definition) is 4. The number of likely N-dealkylation sites (tertiary alicyclic amines) is 1.